The lowest BCUT2D eigenvalue weighted by molar-refractivity contribution is 0.0982. The molecule has 1 atom stereocenters. The van der Waals surface area contributed by atoms with Crippen LogP contribution in [0.4, 0.5) is 14.5 Å². The van der Waals surface area contributed by atoms with Crippen LogP contribution in [0.15, 0.2) is 12.1 Å². The van der Waals surface area contributed by atoms with E-state index in [-0.39, 0.29) is 11.7 Å². The van der Waals surface area contributed by atoms with Gasteiger partial charge in [0.1, 0.15) is 17.3 Å². The topological polar surface area (TPSA) is 24.5 Å². The molecule has 0 saturated carbocycles. The van der Waals surface area contributed by atoms with Crippen LogP contribution in [0, 0.1) is 11.6 Å². The van der Waals surface area contributed by atoms with Crippen molar-refractivity contribution in [1.82, 2.24) is 5.32 Å². The first-order valence-corrected chi connectivity index (χ1v) is 7.16. The summed E-state index contributed by atoms with van der Waals surface area (Å²) in [5.74, 6) is -0.987. The van der Waals surface area contributed by atoms with Crippen molar-refractivity contribution in [3.05, 3.63) is 29.3 Å². The number of rotatable bonds is 5. The summed E-state index contributed by atoms with van der Waals surface area (Å²) in [7, 11) is 0. The van der Waals surface area contributed by atoms with E-state index in [1.54, 1.807) is 4.90 Å². The third-order valence-corrected chi connectivity index (χ3v) is 3.49. The molecule has 112 valence electrons. The number of hydrogen-bond donors (Lipinski definition) is 1. The average Bonchev–Trinajstić information content (AvgIpc) is 2.40. The fourth-order valence-corrected chi connectivity index (χ4v) is 2.46. The molecule has 20 heavy (non-hydrogen) atoms. The molecular formula is C15H22F2N2O. The molecule has 1 aromatic rings. The minimum atomic E-state index is -0.493. The van der Waals surface area contributed by atoms with Gasteiger partial charge in [-0.25, -0.2) is 8.78 Å². The predicted octanol–water partition coefficient (Wildman–Crippen LogP) is 2.69. The standard InChI is InChI=1S/C15H22F2N2O/c1-3-4-18-9-12-7-13(16)15(14(17)8-12)19-5-6-20-10-11(19)2/h7-8,11,18H,3-6,9-10H2,1-2H3. The van der Waals surface area contributed by atoms with Crippen molar-refractivity contribution in [3.8, 4) is 0 Å². The Kier molecular flexibility index (Phi) is 5.31. The van der Waals surface area contributed by atoms with Crippen LogP contribution >= 0.6 is 0 Å². The third-order valence-electron chi connectivity index (χ3n) is 3.49. The molecule has 1 fully saturated rings. The summed E-state index contributed by atoms with van der Waals surface area (Å²) in [6, 6.07) is 2.82. The smallest absolute Gasteiger partial charge is 0.149 e. The van der Waals surface area contributed by atoms with Gasteiger partial charge in [0.05, 0.1) is 13.2 Å². The molecule has 1 saturated heterocycles. The fraction of sp³-hybridized carbons (Fsp3) is 0.600. The summed E-state index contributed by atoms with van der Waals surface area (Å²) in [5, 5.41) is 3.15. The van der Waals surface area contributed by atoms with Gasteiger partial charge >= 0.3 is 0 Å². The maximum Gasteiger partial charge on any atom is 0.149 e. The lowest BCUT2D eigenvalue weighted by Crippen LogP contribution is -2.44. The fourth-order valence-electron chi connectivity index (χ4n) is 2.46. The summed E-state index contributed by atoms with van der Waals surface area (Å²) >= 11 is 0. The van der Waals surface area contributed by atoms with Crippen LogP contribution in [0.1, 0.15) is 25.8 Å². The van der Waals surface area contributed by atoms with Crippen molar-refractivity contribution in [2.75, 3.05) is 31.2 Å². The van der Waals surface area contributed by atoms with Gasteiger partial charge in [0, 0.05) is 19.1 Å². The Morgan fingerprint density at radius 3 is 2.65 bits per heavy atom. The highest BCUT2D eigenvalue weighted by atomic mass is 19.1. The molecule has 0 spiro atoms. The number of hydrogen-bond acceptors (Lipinski definition) is 3. The highest BCUT2D eigenvalue weighted by Gasteiger charge is 2.25. The minimum Gasteiger partial charge on any atom is -0.377 e. The maximum atomic E-state index is 14.2. The Hall–Kier alpha value is -1.20. The molecule has 3 nitrogen and oxygen atoms in total. The first kappa shape index (κ1) is 15.2. The van der Waals surface area contributed by atoms with Gasteiger partial charge in [-0.15, -0.1) is 0 Å². The van der Waals surface area contributed by atoms with Gasteiger partial charge in [-0.1, -0.05) is 6.92 Å². The lowest BCUT2D eigenvalue weighted by Gasteiger charge is -2.35. The first-order valence-electron chi connectivity index (χ1n) is 7.16. The second kappa shape index (κ2) is 6.99. The van der Waals surface area contributed by atoms with Crippen molar-refractivity contribution < 1.29 is 13.5 Å². The van der Waals surface area contributed by atoms with Crippen LogP contribution in [0.25, 0.3) is 0 Å². The molecule has 0 amide bonds. The molecular weight excluding hydrogens is 262 g/mol. The summed E-state index contributed by atoms with van der Waals surface area (Å²) < 4.78 is 33.8. The van der Waals surface area contributed by atoms with E-state index >= 15 is 0 Å². The van der Waals surface area contributed by atoms with Crippen LogP contribution in [-0.4, -0.2) is 32.3 Å². The van der Waals surface area contributed by atoms with E-state index in [0.29, 0.717) is 31.9 Å². The number of nitrogens with zero attached hydrogens (tertiary/aromatic N) is 1. The van der Waals surface area contributed by atoms with Crippen molar-refractivity contribution in [2.45, 2.75) is 32.9 Å². The molecule has 0 aliphatic carbocycles. The summed E-state index contributed by atoms with van der Waals surface area (Å²) in [6.45, 7) is 6.81. The molecule has 2 rings (SSSR count). The zero-order chi connectivity index (χ0) is 14.5. The first-order chi connectivity index (χ1) is 9.63. The van der Waals surface area contributed by atoms with Gasteiger partial charge in [-0.05, 0) is 37.6 Å². The molecule has 1 aliphatic rings. The van der Waals surface area contributed by atoms with E-state index in [2.05, 4.69) is 12.2 Å². The van der Waals surface area contributed by atoms with Crippen molar-refractivity contribution in [3.63, 3.8) is 0 Å². The van der Waals surface area contributed by atoms with Gasteiger partial charge in [-0.3, -0.25) is 0 Å². The van der Waals surface area contributed by atoms with Crippen molar-refractivity contribution in [2.24, 2.45) is 0 Å². The number of nitrogens with one attached hydrogen (secondary N) is 1. The summed E-state index contributed by atoms with van der Waals surface area (Å²) in [6.07, 6.45) is 0.994. The molecule has 1 unspecified atom stereocenters. The SMILES string of the molecule is CCCNCc1cc(F)c(N2CCOCC2C)c(F)c1. The molecule has 1 aliphatic heterocycles. The number of benzene rings is 1. The van der Waals surface area contributed by atoms with E-state index in [0.717, 1.165) is 13.0 Å². The number of ether oxygens (including phenoxy) is 1. The summed E-state index contributed by atoms with van der Waals surface area (Å²) in [4.78, 5) is 1.75. The summed E-state index contributed by atoms with van der Waals surface area (Å²) in [5.41, 5.74) is 0.707. The van der Waals surface area contributed by atoms with Gasteiger partial charge in [0.2, 0.25) is 0 Å². The highest BCUT2D eigenvalue weighted by Crippen LogP contribution is 2.28. The zero-order valence-corrected chi connectivity index (χ0v) is 12.1. The Morgan fingerprint density at radius 1 is 1.35 bits per heavy atom. The third kappa shape index (κ3) is 3.46. The Labute approximate surface area is 118 Å². The van der Waals surface area contributed by atoms with Crippen molar-refractivity contribution >= 4 is 5.69 Å². The van der Waals surface area contributed by atoms with Gasteiger partial charge in [0.15, 0.2) is 0 Å². The Morgan fingerprint density at radius 2 is 2.05 bits per heavy atom. The quantitative estimate of drug-likeness (QED) is 0.841. The molecule has 1 aromatic carbocycles. The van der Waals surface area contributed by atoms with Crippen LogP contribution in [0.3, 0.4) is 0 Å². The lowest BCUT2D eigenvalue weighted by atomic mass is 10.1. The maximum absolute atomic E-state index is 14.2. The molecule has 1 heterocycles. The van der Waals surface area contributed by atoms with Gasteiger partial charge in [-0.2, -0.15) is 0 Å². The molecule has 0 bridgehead atoms. The van der Waals surface area contributed by atoms with Crippen LogP contribution in [0.5, 0.6) is 0 Å². The zero-order valence-electron chi connectivity index (χ0n) is 12.1. The average molecular weight is 284 g/mol. The normalized spacial score (nSPS) is 19.4. The van der Waals surface area contributed by atoms with Gasteiger partial charge < -0.3 is 15.0 Å². The second-order valence-corrected chi connectivity index (χ2v) is 5.20. The highest BCUT2D eigenvalue weighted by molar-refractivity contribution is 5.52. The van der Waals surface area contributed by atoms with E-state index in [1.165, 1.54) is 12.1 Å². The van der Waals surface area contributed by atoms with Crippen LogP contribution < -0.4 is 10.2 Å². The Bertz CT molecular complexity index is 430. The predicted molar refractivity (Wildman–Crippen MR) is 76.0 cm³/mol. The van der Waals surface area contributed by atoms with E-state index in [9.17, 15) is 8.78 Å². The molecule has 1 N–H and O–H groups in total. The number of halogens is 2. The second-order valence-electron chi connectivity index (χ2n) is 5.20. The molecule has 0 aromatic heterocycles. The number of anilines is 1. The minimum absolute atomic E-state index is 0.0168. The largest absolute Gasteiger partial charge is 0.377 e. The Balaban J connectivity index is 2.17. The monoisotopic (exact) mass is 284 g/mol. The van der Waals surface area contributed by atoms with E-state index in [4.69, 9.17) is 4.74 Å². The van der Waals surface area contributed by atoms with E-state index < -0.39 is 11.6 Å². The van der Waals surface area contributed by atoms with Crippen molar-refractivity contribution in [1.29, 1.82) is 0 Å². The van der Waals surface area contributed by atoms with Crippen LogP contribution in [-0.2, 0) is 11.3 Å². The van der Waals surface area contributed by atoms with E-state index in [1.807, 2.05) is 6.92 Å². The molecule has 5 heteroatoms. The van der Waals surface area contributed by atoms with Crippen LogP contribution in [0.2, 0.25) is 0 Å². The molecule has 0 radical (unpaired) electrons. The number of morpholine rings is 1. The van der Waals surface area contributed by atoms with Gasteiger partial charge in [0.25, 0.3) is 0 Å².